The lowest BCUT2D eigenvalue weighted by Crippen LogP contribution is -2.50. The van der Waals surface area contributed by atoms with Crippen molar-refractivity contribution >= 4 is 23.0 Å². The zero-order valence-corrected chi connectivity index (χ0v) is 17.6. The highest BCUT2D eigenvalue weighted by Gasteiger charge is 2.21. The molecule has 3 heterocycles. The minimum Gasteiger partial charge on any atom is -0.491 e. The van der Waals surface area contributed by atoms with E-state index >= 15 is 0 Å². The van der Waals surface area contributed by atoms with Crippen molar-refractivity contribution in [3.05, 3.63) is 64.8 Å². The highest BCUT2D eigenvalue weighted by atomic mass is 32.1. The molecule has 0 bridgehead atoms. The summed E-state index contributed by atoms with van der Waals surface area (Å²) in [6.07, 6.45) is 10.9. The molecular formula is C22H25N5OS. The molecule has 0 aromatic carbocycles. The van der Waals surface area contributed by atoms with Crippen molar-refractivity contribution in [3.8, 4) is 5.75 Å². The number of hydrogen-bond acceptors (Lipinski definition) is 5. The number of thiocarbonyl (C=S) groups is 1. The van der Waals surface area contributed by atoms with Gasteiger partial charge in [-0.25, -0.2) is 0 Å². The summed E-state index contributed by atoms with van der Waals surface area (Å²) in [5, 5.41) is 5.19. The molecule has 0 amide bonds. The smallest absolute Gasteiger partial charge is 0.189 e. The maximum Gasteiger partial charge on any atom is 0.189 e. The van der Waals surface area contributed by atoms with Gasteiger partial charge >= 0.3 is 0 Å². The first-order valence-corrected chi connectivity index (χ1v) is 10.3. The topological polar surface area (TPSA) is 53.0 Å². The van der Waals surface area contributed by atoms with Gasteiger partial charge in [-0.3, -0.25) is 10.4 Å². The molecule has 4 rings (SSSR count). The fourth-order valence-corrected chi connectivity index (χ4v) is 3.69. The van der Waals surface area contributed by atoms with Gasteiger partial charge in [0, 0.05) is 38.8 Å². The average Bonchev–Trinajstić information content (AvgIpc) is 2.96. The second-order valence-electron chi connectivity index (χ2n) is 7.35. The van der Waals surface area contributed by atoms with E-state index in [1.807, 2.05) is 25.3 Å². The van der Waals surface area contributed by atoms with E-state index in [4.69, 9.17) is 17.0 Å². The summed E-state index contributed by atoms with van der Waals surface area (Å²) in [4.78, 5) is 8.98. The van der Waals surface area contributed by atoms with E-state index in [-0.39, 0.29) is 0 Å². The average molecular weight is 408 g/mol. The summed E-state index contributed by atoms with van der Waals surface area (Å²) in [7, 11) is 0. The predicted molar refractivity (Wildman–Crippen MR) is 119 cm³/mol. The van der Waals surface area contributed by atoms with Crippen LogP contribution >= 0.6 is 12.2 Å². The molecule has 1 aromatic heterocycles. The van der Waals surface area contributed by atoms with Crippen molar-refractivity contribution in [1.29, 1.82) is 0 Å². The van der Waals surface area contributed by atoms with Gasteiger partial charge in [0.2, 0.25) is 0 Å². The molecule has 0 spiro atoms. The molecule has 1 saturated heterocycles. The summed E-state index contributed by atoms with van der Waals surface area (Å²) in [6.45, 7) is 8.19. The van der Waals surface area contributed by atoms with Gasteiger partial charge in [0.05, 0.1) is 18.0 Å². The van der Waals surface area contributed by atoms with Crippen LogP contribution in [0.5, 0.6) is 5.75 Å². The summed E-state index contributed by atoms with van der Waals surface area (Å²) in [5.41, 5.74) is 11.5. The van der Waals surface area contributed by atoms with Crippen molar-refractivity contribution < 1.29 is 4.74 Å². The quantitative estimate of drug-likeness (QED) is 0.462. The van der Waals surface area contributed by atoms with Gasteiger partial charge in [-0.1, -0.05) is 23.5 Å². The third-order valence-corrected chi connectivity index (χ3v) is 5.48. The number of hydrogen-bond donors (Lipinski definition) is 1. The number of aromatic nitrogens is 1. The maximum absolute atomic E-state index is 5.70. The Morgan fingerprint density at radius 3 is 2.90 bits per heavy atom. The third kappa shape index (κ3) is 4.58. The second-order valence-corrected chi connectivity index (χ2v) is 7.73. The van der Waals surface area contributed by atoms with Crippen molar-refractivity contribution in [3.63, 3.8) is 0 Å². The molecule has 6 nitrogen and oxygen atoms in total. The number of hydrazone groups is 1. The maximum atomic E-state index is 5.70. The zero-order valence-electron chi connectivity index (χ0n) is 16.8. The van der Waals surface area contributed by atoms with Crippen LogP contribution in [0.25, 0.3) is 0 Å². The van der Waals surface area contributed by atoms with Gasteiger partial charge < -0.3 is 14.5 Å². The van der Waals surface area contributed by atoms with E-state index in [1.165, 1.54) is 5.57 Å². The number of pyridine rings is 1. The van der Waals surface area contributed by atoms with Crippen LogP contribution in [-0.4, -0.2) is 58.4 Å². The minimum atomic E-state index is 0.606. The van der Waals surface area contributed by atoms with E-state index in [0.717, 1.165) is 54.6 Å². The van der Waals surface area contributed by atoms with E-state index < -0.39 is 0 Å². The number of ether oxygens (including phenoxy) is 1. The molecule has 0 radical (unpaired) electrons. The zero-order chi connectivity index (χ0) is 20.2. The SMILES string of the molecule is CC1=CC=C=C(N2CCN(C(=S)N/N=C3/CCOc4cc(C)cnc43)CC2)C=C1. The van der Waals surface area contributed by atoms with Crippen LogP contribution in [-0.2, 0) is 0 Å². The highest BCUT2D eigenvalue weighted by molar-refractivity contribution is 7.80. The molecule has 7 heteroatoms. The molecule has 29 heavy (non-hydrogen) atoms. The molecule has 0 atom stereocenters. The summed E-state index contributed by atoms with van der Waals surface area (Å²) < 4.78 is 5.70. The number of piperazine rings is 1. The Bertz CT molecular complexity index is 963. The Hall–Kier alpha value is -2.89. The Morgan fingerprint density at radius 2 is 2.07 bits per heavy atom. The van der Waals surface area contributed by atoms with Crippen LogP contribution in [0.15, 0.2) is 58.7 Å². The first-order chi connectivity index (χ1) is 14.1. The standard InChI is InChI=1S/C22H25N5OS/c1-16-4-3-5-18(7-6-16)26-9-11-27(12-10-26)22(29)25-24-19-8-13-28-20-14-17(2)15-23-21(19)20/h3-4,6-7,14-15H,8-13H2,1-2H3,(H,25,29)/b24-19-. The lowest BCUT2D eigenvalue weighted by molar-refractivity contribution is 0.226. The first-order valence-electron chi connectivity index (χ1n) is 9.88. The molecule has 0 unspecified atom stereocenters. The van der Waals surface area contributed by atoms with Crippen molar-refractivity contribution in [1.82, 2.24) is 20.2 Å². The van der Waals surface area contributed by atoms with Crippen LogP contribution in [0.3, 0.4) is 0 Å². The normalized spacial score (nSPS) is 19.9. The fourth-order valence-electron chi connectivity index (χ4n) is 3.46. The molecular weight excluding hydrogens is 382 g/mol. The summed E-state index contributed by atoms with van der Waals surface area (Å²) in [5.74, 6) is 0.791. The van der Waals surface area contributed by atoms with Gasteiger partial charge in [0.25, 0.3) is 0 Å². The van der Waals surface area contributed by atoms with Crippen LogP contribution in [0.2, 0.25) is 0 Å². The monoisotopic (exact) mass is 407 g/mol. The van der Waals surface area contributed by atoms with Gasteiger partial charge in [0.15, 0.2) is 5.11 Å². The third-order valence-electron chi connectivity index (χ3n) is 5.13. The van der Waals surface area contributed by atoms with Gasteiger partial charge in [-0.05, 0) is 49.8 Å². The molecule has 1 aromatic rings. The Labute approximate surface area is 176 Å². The molecule has 1 aliphatic carbocycles. The fraction of sp³-hybridized carbons (Fsp3) is 0.364. The molecule has 1 N–H and O–H groups in total. The first kappa shape index (κ1) is 19.4. The highest BCUT2D eigenvalue weighted by Crippen LogP contribution is 2.23. The Kier molecular flexibility index (Phi) is 5.79. The van der Waals surface area contributed by atoms with Crippen LogP contribution < -0.4 is 10.2 Å². The second kappa shape index (κ2) is 8.64. The van der Waals surface area contributed by atoms with E-state index in [2.05, 4.69) is 56.2 Å². The predicted octanol–water partition coefficient (Wildman–Crippen LogP) is 2.92. The van der Waals surface area contributed by atoms with Gasteiger partial charge in [0.1, 0.15) is 11.4 Å². The molecule has 2 aliphatic heterocycles. The van der Waals surface area contributed by atoms with Crippen LogP contribution in [0, 0.1) is 6.92 Å². The summed E-state index contributed by atoms with van der Waals surface area (Å²) >= 11 is 5.58. The Balaban J connectivity index is 1.35. The van der Waals surface area contributed by atoms with Crippen LogP contribution in [0.4, 0.5) is 0 Å². The molecule has 0 saturated carbocycles. The Morgan fingerprint density at radius 1 is 1.24 bits per heavy atom. The number of fused-ring (bicyclic) bond motifs is 1. The largest absolute Gasteiger partial charge is 0.491 e. The minimum absolute atomic E-state index is 0.606. The van der Waals surface area contributed by atoms with E-state index in [1.54, 1.807) is 0 Å². The lowest BCUT2D eigenvalue weighted by atomic mass is 10.1. The lowest BCUT2D eigenvalue weighted by Gasteiger charge is -2.36. The molecule has 150 valence electrons. The number of aryl methyl sites for hydroxylation is 1. The van der Waals surface area contributed by atoms with Gasteiger partial charge in [-0.2, -0.15) is 5.10 Å². The number of nitrogens with one attached hydrogen (secondary N) is 1. The van der Waals surface area contributed by atoms with Crippen molar-refractivity contribution in [2.24, 2.45) is 5.10 Å². The summed E-state index contributed by atoms with van der Waals surface area (Å²) in [6, 6.07) is 2.00. The van der Waals surface area contributed by atoms with E-state index in [9.17, 15) is 0 Å². The number of nitrogens with zero attached hydrogens (tertiary/aromatic N) is 4. The van der Waals surface area contributed by atoms with Crippen molar-refractivity contribution in [2.75, 3.05) is 32.8 Å². The number of rotatable bonds is 2. The molecule has 3 aliphatic rings. The van der Waals surface area contributed by atoms with Crippen molar-refractivity contribution in [2.45, 2.75) is 20.3 Å². The molecule has 1 fully saturated rings. The number of allylic oxidation sites excluding steroid dienone is 4. The van der Waals surface area contributed by atoms with Gasteiger partial charge in [-0.15, -0.1) is 0 Å². The van der Waals surface area contributed by atoms with E-state index in [0.29, 0.717) is 18.1 Å². The van der Waals surface area contributed by atoms with Crippen LogP contribution in [0.1, 0.15) is 24.6 Å².